The Morgan fingerprint density at radius 3 is 2.63 bits per heavy atom. The molecule has 0 fully saturated rings. The van der Waals surface area contributed by atoms with Crippen LogP contribution in [-0.2, 0) is 0 Å². The maximum atomic E-state index is 6.15. The highest BCUT2D eigenvalue weighted by atomic mass is 79.9. The fraction of sp³-hybridized carbons (Fsp3) is 0.286. The monoisotopic (exact) mass is 339 g/mol. The molecule has 19 heavy (non-hydrogen) atoms. The zero-order valence-corrected chi connectivity index (χ0v) is 13.4. The van der Waals surface area contributed by atoms with Crippen LogP contribution in [0.4, 0.5) is 11.5 Å². The Morgan fingerprint density at radius 1 is 1.26 bits per heavy atom. The lowest BCUT2D eigenvalue weighted by atomic mass is 10.1. The van der Waals surface area contributed by atoms with Gasteiger partial charge in [0.2, 0.25) is 0 Å². The minimum atomic E-state index is 0.255. The number of nitrogens with zero attached hydrogens (tertiary/aromatic N) is 2. The second kappa shape index (κ2) is 5.88. The van der Waals surface area contributed by atoms with Crippen molar-refractivity contribution in [1.29, 1.82) is 0 Å². The normalized spacial score (nSPS) is 10.8. The lowest BCUT2D eigenvalue weighted by Gasteiger charge is -2.14. The fourth-order valence-corrected chi connectivity index (χ4v) is 2.52. The summed E-state index contributed by atoms with van der Waals surface area (Å²) in [6.45, 7) is 6.19. The van der Waals surface area contributed by atoms with Gasteiger partial charge in [0.05, 0.1) is 0 Å². The number of aromatic nitrogens is 2. The lowest BCUT2D eigenvalue weighted by Crippen LogP contribution is -2.03. The summed E-state index contributed by atoms with van der Waals surface area (Å²) in [5.41, 5.74) is 3.09. The zero-order chi connectivity index (χ0) is 14.0. The third-order valence-corrected chi connectivity index (χ3v) is 4.00. The van der Waals surface area contributed by atoms with Crippen LogP contribution in [0.25, 0.3) is 0 Å². The Labute approximate surface area is 126 Å². The van der Waals surface area contributed by atoms with Crippen LogP contribution >= 0.6 is 27.5 Å². The molecule has 0 bridgehead atoms. The van der Waals surface area contributed by atoms with Crippen molar-refractivity contribution in [2.24, 2.45) is 0 Å². The summed E-state index contributed by atoms with van der Waals surface area (Å²) in [6, 6.07) is 6.08. The van der Waals surface area contributed by atoms with E-state index in [0.29, 0.717) is 5.15 Å². The largest absolute Gasteiger partial charge is 0.340 e. The molecule has 0 atom stereocenters. The van der Waals surface area contributed by atoms with Crippen LogP contribution in [0.1, 0.15) is 30.9 Å². The Kier molecular flexibility index (Phi) is 4.42. The van der Waals surface area contributed by atoms with Gasteiger partial charge < -0.3 is 5.32 Å². The molecule has 1 N–H and O–H groups in total. The van der Waals surface area contributed by atoms with Gasteiger partial charge in [0.1, 0.15) is 17.3 Å². The van der Waals surface area contributed by atoms with Crippen LogP contribution in [0.3, 0.4) is 0 Å². The van der Waals surface area contributed by atoms with Gasteiger partial charge in [0.25, 0.3) is 0 Å². The molecular formula is C14H15BrClN3. The molecular weight excluding hydrogens is 326 g/mol. The number of halogens is 2. The maximum absolute atomic E-state index is 6.15. The molecule has 2 aromatic rings. The van der Waals surface area contributed by atoms with Gasteiger partial charge in [-0.15, -0.1) is 0 Å². The van der Waals surface area contributed by atoms with E-state index in [2.05, 4.69) is 52.0 Å². The lowest BCUT2D eigenvalue weighted by molar-refractivity contribution is 0.850. The number of benzene rings is 1. The molecule has 5 heteroatoms. The van der Waals surface area contributed by atoms with E-state index in [-0.39, 0.29) is 5.92 Å². The number of nitrogens with one attached hydrogen (secondary N) is 1. The summed E-state index contributed by atoms with van der Waals surface area (Å²) in [5.74, 6) is 1.01. The number of hydrogen-bond acceptors (Lipinski definition) is 3. The number of aryl methyl sites for hydroxylation is 1. The average molecular weight is 341 g/mol. The molecule has 1 heterocycles. The first-order valence-electron chi connectivity index (χ1n) is 6.02. The second-order valence-electron chi connectivity index (χ2n) is 4.67. The summed E-state index contributed by atoms with van der Waals surface area (Å²) in [6.07, 6.45) is 1.47. The van der Waals surface area contributed by atoms with Crippen LogP contribution in [-0.4, -0.2) is 9.97 Å². The minimum absolute atomic E-state index is 0.255. The standard InChI is InChI=1S/C14H15BrClN3/c1-8(2)12-13(16)17-7-18-14(12)19-10-5-4-9(3)11(15)6-10/h4-8H,1-3H3,(H,17,18,19). The first kappa shape index (κ1) is 14.3. The predicted octanol–water partition coefficient (Wildman–Crippen LogP) is 5.07. The summed E-state index contributed by atoms with van der Waals surface area (Å²) in [7, 11) is 0. The van der Waals surface area contributed by atoms with E-state index in [1.165, 1.54) is 11.9 Å². The van der Waals surface area contributed by atoms with E-state index in [4.69, 9.17) is 11.6 Å². The highest BCUT2D eigenvalue weighted by Crippen LogP contribution is 2.31. The van der Waals surface area contributed by atoms with Gasteiger partial charge in [-0.3, -0.25) is 0 Å². The summed E-state index contributed by atoms with van der Waals surface area (Å²) >= 11 is 9.67. The van der Waals surface area contributed by atoms with E-state index in [9.17, 15) is 0 Å². The molecule has 0 spiro atoms. The van der Waals surface area contributed by atoms with Gasteiger partial charge in [-0.1, -0.05) is 47.4 Å². The Hall–Kier alpha value is -1.13. The molecule has 1 aromatic heterocycles. The molecule has 0 unspecified atom stereocenters. The predicted molar refractivity (Wildman–Crippen MR) is 83.3 cm³/mol. The van der Waals surface area contributed by atoms with Crippen molar-refractivity contribution < 1.29 is 0 Å². The van der Waals surface area contributed by atoms with E-state index < -0.39 is 0 Å². The molecule has 0 aliphatic heterocycles. The average Bonchev–Trinajstić information content (AvgIpc) is 2.33. The SMILES string of the molecule is Cc1ccc(Nc2ncnc(Cl)c2C(C)C)cc1Br. The van der Waals surface area contributed by atoms with Crippen molar-refractivity contribution in [2.75, 3.05) is 5.32 Å². The van der Waals surface area contributed by atoms with E-state index in [0.717, 1.165) is 21.5 Å². The van der Waals surface area contributed by atoms with Crippen LogP contribution in [0.2, 0.25) is 5.15 Å². The Balaban J connectivity index is 2.38. The van der Waals surface area contributed by atoms with Gasteiger partial charge in [0, 0.05) is 15.7 Å². The molecule has 0 saturated heterocycles. The van der Waals surface area contributed by atoms with Crippen molar-refractivity contribution in [1.82, 2.24) is 9.97 Å². The minimum Gasteiger partial charge on any atom is -0.340 e. The molecule has 0 aliphatic carbocycles. The third kappa shape index (κ3) is 3.25. The first-order chi connectivity index (χ1) is 8.99. The highest BCUT2D eigenvalue weighted by Gasteiger charge is 2.13. The first-order valence-corrected chi connectivity index (χ1v) is 7.19. The highest BCUT2D eigenvalue weighted by molar-refractivity contribution is 9.10. The van der Waals surface area contributed by atoms with Crippen molar-refractivity contribution >= 4 is 39.0 Å². The van der Waals surface area contributed by atoms with Crippen molar-refractivity contribution in [3.05, 3.63) is 45.3 Å². The summed E-state index contributed by atoms with van der Waals surface area (Å²) in [5, 5.41) is 3.80. The number of hydrogen-bond donors (Lipinski definition) is 1. The van der Waals surface area contributed by atoms with Crippen molar-refractivity contribution in [3.8, 4) is 0 Å². The fourth-order valence-electron chi connectivity index (χ4n) is 1.79. The molecule has 0 saturated carbocycles. The number of rotatable bonds is 3. The van der Waals surface area contributed by atoms with Gasteiger partial charge in [0.15, 0.2) is 0 Å². The van der Waals surface area contributed by atoms with Crippen LogP contribution in [0.5, 0.6) is 0 Å². The van der Waals surface area contributed by atoms with E-state index in [1.54, 1.807) is 0 Å². The summed E-state index contributed by atoms with van der Waals surface area (Å²) in [4.78, 5) is 8.33. The summed E-state index contributed by atoms with van der Waals surface area (Å²) < 4.78 is 1.06. The van der Waals surface area contributed by atoms with Gasteiger partial charge in [-0.2, -0.15) is 0 Å². The quantitative estimate of drug-likeness (QED) is 0.793. The topological polar surface area (TPSA) is 37.8 Å². The molecule has 0 radical (unpaired) electrons. The Morgan fingerprint density at radius 2 is 2.00 bits per heavy atom. The third-order valence-electron chi connectivity index (χ3n) is 2.85. The van der Waals surface area contributed by atoms with Crippen LogP contribution in [0, 0.1) is 6.92 Å². The van der Waals surface area contributed by atoms with Crippen LogP contribution < -0.4 is 5.32 Å². The van der Waals surface area contributed by atoms with E-state index in [1.807, 2.05) is 18.2 Å². The Bertz CT molecular complexity index is 599. The van der Waals surface area contributed by atoms with Crippen molar-refractivity contribution in [2.45, 2.75) is 26.7 Å². The zero-order valence-electron chi connectivity index (χ0n) is 11.0. The molecule has 0 aliphatic rings. The molecule has 3 nitrogen and oxygen atoms in total. The maximum Gasteiger partial charge on any atom is 0.138 e. The van der Waals surface area contributed by atoms with Gasteiger partial charge in [-0.25, -0.2) is 9.97 Å². The molecule has 0 amide bonds. The van der Waals surface area contributed by atoms with Crippen molar-refractivity contribution in [3.63, 3.8) is 0 Å². The molecule has 2 rings (SSSR count). The smallest absolute Gasteiger partial charge is 0.138 e. The number of anilines is 2. The second-order valence-corrected chi connectivity index (χ2v) is 5.88. The van der Waals surface area contributed by atoms with Gasteiger partial charge in [-0.05, 0) is 30.5 Å². The van der Waals surface area contributed by atoms with Crippen LogP contribution in [0.15, 0.2) is 29.0 Å². The van der Waals surface area contributed by atoms with E-state index >= 15 is 0 Å². The molecule has 100 valence electrons. The molecule has 1 aromatic carbocycles. The van der Waals surface area contributed by atoms with Gasteiger partial charge >= 0.3 is 0 Å².